The Kier molecular flexibility index (Phi) is 4.52. The van der Waals surface area contributed by atoms with E-state index < -0.39 is 11.9 Å². The summed E-state index contributed by atoms with van der Waals surface area (Å²) in [6, 6.07) is 4.11. The van der Waals surface area contributed by atoms with Crippen LogP contribution in [0.5, 0.6) is 5.75 Å². The summed E-state index contributed by atoms with van der Waals surface area (Å²) < 4.78 is 18.5. The van der Waals surface area contributed by atoms with E-state index >= 15 is 0 Å². The lowest BCUT2D eigenvalue weighted by Gasteiger charge is -2.17. The molecule has 1 atom stereocenters. The summed E-state index contributed by atoms with van der Waals surface area (Å²) in [6.45, 7) is 1.74. The Balaban J connectivity index is 2.04. The van der Waals surface area contributed by atoms with Gasteiger partial charge >= 0.3 is 0 Å². The van der Waals surface area contributed by atoms with Gasteiger partial charge in [0.25, 0.3) is 5.91 Å². The van der Waals surface area contributed by atoms with Crippen LogP contribution in [0.3, 0.4) is 0 Å². The third kappa shape index (κ3) is 3.56. The highest BCUT2D eigenvalue weighted by atomic mass is 19.1. The van der Waals surface area contributed by atoms with E-state index in [1.807, 2.05) is 0 Å². The molecule has 0 fully saturated rings. The zero-order valence-electron chi connectivity index (χ0n) is 11.8. The summed E-state index contributed by atoms with van der Waals surface area (Å²) in [5.41, 5.74) is 3.13. The van der Waals surface area contributed by atoms with Crippen LogP contribution >= 0.6 is 0 Å². The molecule has 2 rings (SSSR count). The van der Waals surface area contributed by atoms with Crippen LogP contribution in [0.25, 0.3) is 0 Å². The number of benzene rings is 1. The number of hydrogen-bond acceptors (Lipinski definition) is 4. The topological polar surface area (TPSA) is 79.8 Å². The number of hydrazone groups is 1. The molecule has 2 amide bonds. The Morgan fingerprint density at radius 1 is 1.48 bits per heavy atom. The van der Waals surface area contributed by atoms with Gasteiger partial charge < -0.3 is 10.1 Å². The summed E-state index contributed by atoms with van der Waals surface area (Å²) in [4.78, 5) is 23.0. The van der Waals surface area contributed by atoms with Crippen molar-refractivity contribution >= 4 is 17.5 Å². The number of halogens is 1. The standard InChI is InChI=1S/C14H16FN3O3/c1-8(9-3-5-12(21-2)10(15)7-9)16-14(20)11-4-6-13(19)18-17-11/h3,5,7-8H,4,6H2,1-2H3,(H,16,20)(H,18,19). The molecule has 1 aromatic carbocycles. The molecule has 0 radical (unpaired) electrons. The van der Waals surface area contributed by atoms with Crippen LogP contribution in [0.4, 0.5) is 4.39 Å². The average Bonchev–Trinajstić information content (AvgIpc) is 2.47. The van der Waals surface area contributed by atoms with E-state index in [0.29, 0.717) is 12.0 Å². The summed E-state index contributed by atoms with van der Waals surface area (Å²) in [6.07, 6.45) is 0.527. The van der Waals surface area contributed by atoms with Crippen molar-refractivity contribution in [3.05, 3.63) is 29.6 Å². The molecule has 1 aliphatic rings. The van der Waals surface area contributed by atoms with Gasteiger partial charge in [-0.3, -0.25) is 9.59 Å². The lowest BCUT2D eigenvalue weighted by atomic mass is 10.1. The Bertz CT molecular complexity index is 601. The SMILES string of the molecule is COc1ccc(C(C)NC(=O)C2=NNC(=O)CC2)cc1F. The molecule has 1 unspecified atom stereocenters. The van der Waals surface area contributed by atoms with Crippen LogP contribution in [0.2, 0.25) is 0 Å². The fourth-order valence-corrected chi connectivity index (χ4v) is 1.95. The van der Waals surface area contributed by atoms with Gasteiger partial charge in [0.2, 0.25) is 5.91 Å². The monoisotopic (exact) mass is 293 g/mol. The molecule has 0 spiro atoms. The Labute approximate surface area is 121 Å². The molecule has 0 saturated carbocycles. The Hall–Kier alpha value is -2.44. The maximum Gasteiger partial charge on any atom is 0.267 e. The predicted octanol–water partition coefficient (Wildman–Crippen LogP) is 1.28. The molecule has 1 aromatic rings. The molecule has 0 saturated heterocycles. The van der Waals surface area contributed by atoms with Crippen molar-refractivity contribution in [3.63, 3.8) is 0 Å². The van der Waals surface area contributed by atoms with Crippen LogP contribution in [-0.4, -0.2) is 24.6 Å². The number of nitrogens with one attached hydrogen (secondary N) is 2. The van der Waals surface area contributed by atoms with E-state index in [4.69, 9.17) is 4.74 Å². The first-order chi connectivity index (χ1) is 10.0. The van der Waals surface area contributed by atoms with Gasteiger partial charge in [-0.05, 0) is 24.6 Å². The first-order valence-electron chi connectivity index (χ1n) is 6.51. The van der Waals surface area contributed by atoms with Crippen LogP contribution in [-0.2, 0) is 9.59 Å². The maximum absolute atomic E-state index is 13.6. The average molecular weight is 293 g/mol. The van der Waals surface area contributed by atoms with E-state index in [2.05, 4.69) is 15.8 Å². The first kappa shape index (κ1) is 15.0. The minimum atomic E-state index is -0.488. The molecule has 0 aromatic heterocycles. The quantitative estimate of drug-likeness (QED) is 0.877. The second-order valence-electron chi connectivity index (χ2n) is 4.68. The van der Waals surface area contributed by atoms with Gasteiger partial charge in [0.1, 0.15) is 5.71 Å². The zero-order valence-corrected chi connectivity index (χ0v) is 11.8. The van der Waals surface area contributed by atoms with Crippen LogP contribution in [0.15, 0.2) is 23.3 Å². The van der Waals surface area contributed by atoms with Gasteiger partial charge in [-0.1, -0.05) is 6.07 Å². The molecule has 7 heteroatoms. The van der Waals surface area contributed by atoms with E-state index in [9.17, 15) is 14.0 Å². The van der Waals surface area contributed by atoms with E-state index in [-0.39, 0.29) is 29.7 Å². The molecule has 1 heterocycles. The fourth-order valence-electron chi connectivity index (χ4n) is 1.95. The Morgan fingerprint density at radius 3 is 2.81 bits per heavy atom. The summed E-state index contributed by atoms with van der Waals surface area (Å²) in [5.74, 6) is -0.925. The largest absolute Gasteiger partial charge is 0.494 e. The van der Waals surface area contributed by atoms with Crippen molar-refractivity contribution in [2.45, 2.75) is 25.8 Å². The third-order valence-electron chi connectivity index (χ3n) is 3.19. The maximum atomic E-state index is 13.6. The highest BCUT2D eigenvalue weighted by Gasteiger charge is 2.20. The van der Waals surface area contributed by atoms with Crippen molar-refractivity contribution in [3.8, 4) is 5.75 Å². The molecule has 0 bridgehead atoms. The van der Waals surface area contributed by atoms with E-state index in [0.717, 1.165) is 0 Å². The molecule has 2 N–H and O–H groups in total. The van der Waals surface area contributed by atoms with Crippen molar-refractivity contribution in [1.29, 1.82) is 0 Å². The van der Waals surface area contributed by atoms with Gasteiger partial charge in [0, 0.05) is 12.8 Å². The predicted molar refractivity (Wildman–Crippen MR) is 74.3 cm³/mol. The molecular formula is C14H16FN3O3. The molecule has 6 nitrogen and oxygen atoms in total. The third-order valence-corrected chi connectivity index (χ3v) is 3.19. The van der Waals surface area contributed by atoms with Crippen molar-refractivity contribution in [1.82, 2.24) is 10.7 Å². The number of methoxy groups -OCH3 is 1. The Morgan fingerprint density at radius 2 is 2.24 bits per heavy atom. The number of amides is 2. The number of carbonyl (C=O) groups is 2. The number of nitrogens with zero attached hydrogens (tertiary/aromatic N) is 1. The lowest BCUT2D eigenvalue weighted by molar-refractivity contribution is -0.121. The molecular weight excluding hydrogens is 277 g/mol. The lowest BCUT2D eigenvalue weighted by Crippen LogP contribution is -2.38. The van der Waals surface area contributed by atoms with Gasteiger partial charge in [-0.15, -0.1) is 0 Å². The second kappa shape index (κ2) is 6.34. The van der Waals surface area contributed by atoms with Gasteiger partial charge in [0.15, 0.2) is 11.6 Å². The second-order valence-corrected chi connectivity index (χ2v) is 4.68. The van der Waals surface area contributed by atoms with Crippen molar-refractivity contribution < 1.29 is 18.7 Å². The number of rotatable bonds is 4. The summed E-state index contributed by atoms with van der Waals surface area (Å²) in [7, 11) is 1.39. The minimum absolute atomic E-state index is 0.150. The summed E-state index contributed by atoms with van der Waals surface area (Å²) in [5, 5.41) is 6.43. The van der Waals surface area contributed by atoms with Crippen molar-refractivity contribution in [2.75, 3.05) is 7.11 Å². The van der Waals surface area contributed by atoms with Gasteiger partial charge in [0.05, 0.1) is 13.2 Å². The smallest absolute Gasteiger partial charge is 0.267 e. The summed E-state index contributed by atoms with van der Waals surface area (Å²) >= 11 is 0. The van der Waals surface area contributed by atoms with E-state index in [1.165, 1.54) is 19.2 Å². The van der Waals surface area contributed by atoms with Crippen LogP contribution in [0, 0.1) is 5.82 Å². The fraction of sp³-hybridized carbons (Fsp3) is 0.357. The van der Waals surface area contributed by atoms with Gasteiger partial charge in [-0.25, -0.2) is 9.82 Å². The number of carbonyl (C=O) groups excluding carboxylic acids is 2. The minimum Gasteiger partial charge on any atom is -0.494 e. The highest BCUT2D eigenvalue weighted by Crippen LogP contribution is 2.21. The number of ether oxygens (including phenoxy) is 1. The molecule has 112 valence electrons. The highest BCUT2D eigenvalue weighted by molar-refractivity contribution is 6.39. The van der Waals surface area contributed by atoms with Crippen LogP contribution in [0.1, 0.15) is 31.4 Å². The van der Waals surface area contributed by atoms with E-state index in [1.54, 1.807) is 13.0 Å². The molecule has 21 heavy (non-hydrogen) atoms. The molecule has 1 aliphatic heterocycles. The zero-order chi connectivity index (χ0) is 15.4. The first-order valence-corrected chi connectivity index (χ1v) is 6.51. The van der Waals surface area contributed by atoms with Crippen molar-refractivity contribution in [2.24, 2.45) is 5.10 Å². The number of hydrogen-bond donors (Lipinski definition) is 2. The normalized spacial score (nSPS) is 15.8. The van der Waals surface area contributed by atoms with Crippen LogP contribution < -0.4 is 15.5 Å². The molecule has 0 aliphatic carbocycles. The van der Waals surface area contributed by atoms with Gasteiger partial charge in [-0.2, -0.15) is 5.10 Å².